The van der Waals surface area contributed by atoms with Crippen LogP contribution in [0.5, 0.6) is 0 Å². The van der Waals surface area contributed by atoms with Gasteiger partial charge in [0.25, 0.3) is 0 Å². The average molecular weight is 445 g/mol. The molecule has 1 spiro atoms. The molecule has 2 N–H and O–H groups in total. The molecule has 180 valence electrons. The van der Waals surface area contributed by atoms with Crippen molar-refractivity contribution in [3.05, 3.63) is 11.1 Å². The summed E-state index contributed by atoms with van der Waals surface area (Å²) in [7, 11) is 0. The summed E-state index contributed by atoms with van der Waals surface area (Å²) in [5, 5.41) is 21.2. The number of carbonyl (C=O) groups is 1. The lowest BCUT2D eigenvalue weighted by molar-refractivity contribution is -0.119. The molecule has 1 aliphatic heterocycles. The number of fused-ring (bicyclic) bond motifs is 3. The molecule has 0 aromatic heterocycles. The number of epoxide rings is 1. The fourth-order valence-corrected chi connectivity index (χ4v) is 8.78. The van der Waals surface area contributed by atoms with Crippen molar-refractivity contribution in [1.29, 1.82) is 0 Å². The van der Waals surface area contributed by atoms with Crippen LogP contribution >= 0.6 is 0 Å². The van der Waals surface area contributed by atoms with Gasteiger partial charge in [-0.25, -0.2) is 0 Å². The number of ketones is 1. The quantitative estimate of drug-likeness (QED) is 0.582. The molecule has 10 unspecified atom stereocenters. The van der Waals surface area contributed by atoms with E-state index in [2.05, 4.69) is 41.5 Å². The number of carbonyl (C=O) groups excluding carboxylic acids is 1. The van der Waals surface area contributed by atoms with Gasteiger partial charge in [0.05, 0.1) is 12.2 Å². The molecule has 0 aromatic carbocycles. The van der Waals surface area contributed by atoms with Crippen molar-refractivity contribution < 1.29 is 19.7 Å². The fourth-order valence-electron chi connectivity index (χ4n) is 8.78. The summed E-state index contributed by atoms with van der Waals surface area (Å²) in [5.41, 5.74) is 2.12. The van der Waals surface area contributed by atoms with E-state index in [1.807, 2.05) is 0 Å². The molecule has 4 heteroatoms. The Morgan fingerprint density at radius 2 is 1.81 bits per heavy atom. The second kappa shape index (κ2) is 7.39. The average Bonchev–Trinajstić information content (AvgIpc) is 3.35. The second-order valence-corrected chi connectivity index (χ2v) is 13.0. The van der Waals surface area contributed by atoms with Crippen molar-refractivity contribution >= 4 is 5.78 Å². The Morgan fingerprint density at radius 3 is 2.50 bits per heavy atom. The largest absolute Gasteiger partial charge is 0.393 e. The van der Waals surface area contributed by atoms with Crippen molar-refractivity contribution in [2.45, 2.75) is 117 Å². The molecule has 5 rings (SSSR count). The van der Waals surface area contributed by atoms with Crippen LogP contribution < -0.4 is 0 Å². The summed E-state index contributed by atoms with van der Waals surface area (Å²) in [4.78, 5) is 13.7. The molecule has 2 saturated carbocycles. The van der Waals surface area contributed by atoms with Gasteiger partial charge < -0.3 is 14.9 Å². The minimum Gasteiger partial charge on any atom is -0.393 e. The van der Waals surface area contributed by atoms with E-state index in [9.17, 15) is 15.0 Å². The zero-order valence-electron chi connectivity index (χ0n) is 21.0. The topological polar surface area (TPSA) is 70.1 Å². The molecule has 0 bridgehead atoms. The maximum atomic E-state index is 13.7. The van der Waals surface area contributed by atoms with E-state index in [-0.39, 0.29) is 34.9 Å². The second-order valence-electron chi connectivity index (χ2n) is 13.0. The van der Waals surface area contributed by atoms with Crippen LogP contribution in [0, 0.1) is 40.4 Å². The Hall–Kier alpha value is -0.710. The fraction of sp³-hybridized carbons (Fsp3) is 0.893. The molecule has 0 radical (unpaired) electrons. The van der Waals surface area contributed by atoms with Gasteiger partial charge in [-0.3, -0.25) is 4.79 Å². The first-order chi connectivity index (χ1) is 15.0. The molecular formula is C28H44O4. The molecule has 5 aliphatic rings. The van der Waals surface area contributed by atoms with Gasteiger partial charge in [-0.15, -0.1) is 0 Å². The number of rotatable bonds is 5. The van der Waals surface area contributed by atoms with Gasteiger partial charge in [0.2, 0.25) is 0 Å². The highest BCUT2D eigenvalue weighted by atomic mass is 16.6. The van der Waals surface area contributed by atoms with Crippen LogP contribution in [0.2, 0.25) is 0 Å². The molecule has 3 fully saturated rings. The molecule has 1 heterocycles. The summed E-state index contributed by atoms with van der Waals surface area (Å²) in [5.74, 6) is 2.38. The van der Waals surface area contributed by atoms with E-state index < -0.39 is 5.60 Å². The first-order valence-corrected chi connectivity index (χ1v) is 13.3. The Balaban J connectivity index is 1.43. The third-order valence-electron chi connectivity index (χ3n) is 11.3. The van der Waals surface area contributed by atoms with Crippen LogP contribution in [0.25, 0.3) is 0 Å². The Labute approximate surface area is 194 Å². The standard InChI is InChI=1S/C28H44O4/c1-15(2)17(4)22(30)13-16(3)19-7-8-20-23-21(10-11-26(19,20)5)27(6)12-9-18(29)14-28(27)25(32-28)24(23)31/h15-20,22,25,29-30H,7-14H2,1-6H3. The van der Waals surface area contributed by atoms with E-state index in [0.29, 0.717) is 36.0 Å². The lowest BCUT2D eigenvalue weighted by Crippen LogP contribution is -2.54. The zero-order valence-corrected chi connectivity index (χ0v) is 21.0. The molecule has 0 amide bonds. The predicted molar refractivity (Wildman–Crippen MR) is 125 cm³/mol. The van der Waals surface area contributed by atoms with Crippen molar-refractivity contribution in [1.82, 2.24) is 0 Å². The summed E-state index contributed by atoms with van der Waals surface area (Å²) >= 11 is 0. The Kier molecular flexibility index (Phi) is 5.33. The van der Waals surface area contributed by atoms with Gasteiger partial charge >= 0.3 is 0 Å². The van der Waals surface area contributed by atoms with E-state index in [1.54, 1.807) is 0 Å². The van der Waals surface area contributed by atoms with Crippen LogP contribution in [0.15, 0.2) is 11.1 Å². The van der Waals surface area contributed by atoms with Crippen molar-refractivity contribution in [3.8, 4) is 0 Å². The molecule has 4 aliphatic carbocycles. The minimum absolute atomic E-state index is 0.0892. The molecule has 10 atom stereocenters. The van der Waals surface area contributed by atoms with Gasteiger partial charge in [0, 0.05) is 17.4 Å². The van der Waals surface area contributed by atoms with Crippen LogP contribution in [0.1, 0.15) is 92.9 Å². The Morgan fingerprint density at radius 1 is 1.09 bits per heavy atom. The molecule has 32 heavy (non-hydrogen) atoms. The summed E-state index contributed by atoms with van der Waals surface area (Å²) < 4.78 is 6.22. The third kappa shape index (κ3) is 2.94. The van der Waals surface area contributed by atoms with E-state index in [4.69, 9.17) is 4.74 Å². The summed E-state index contributed by atoms with van der Waals surface area (Å²) in [6, 6.07) is 0. The lowest BCUT2D eigenvalue weighted by Gasteiger charge is -2.52. The first kappa shape index (κ1) is 23.1. The van der Waals surface area contributed by atoms with Crippen LogP contribution in [-0.2, 0) is 9.53 Å². The zero-order chi connectivity index (χ0) is 23.2. The SMILES string of the molecule is CC(C)C(C)C(O)CC(C)C1CCC2C3=C(CCC21C)C1(C)CCC(O)CC12OC2C3=O. The monoisotopic (exact) mass is 444 g/mol. The lowest BCUT2D eigenvalue weighted by atomic mass is 9.50. The predicted octanol–water partition coefficient (Wildman–Crippen LogP) is 5.06. The first-order valence-electron chi connectivity index (χ1n) is 13.3. The van der Waals surface area contributed by atoms with Crippen LogP contribution in [-0.4, -0.2) is 39.9 Å². The van der Waals surface area contributed by atoms with Crippen molar-refractivity contribution in [2.24, 2.45) is 40.4 Å². The number of aliphatic hydroxyl groups is 2. The van der Waals surface area contributed by atoms with Gasteiger partial charge in [-0.2, -0.15) is 0 Å². The highest BCUT2D eigenvalue weighted by Gasteiger charge is 2.76. The highest BCUT2D eigenvalue weighted by molar-refractivity contribution is 6.05. The molecule has 4 nitrogen and oxygen atoms in total. The highest BCUT2D eigenvalue weighted by Crippen LogP contribution is 2.71. The number of aliphatic hydroxyl groups excluding tert-OH is 2. The third-order valence-corrected chi connectivity index (χ3v) is 11.3. The minimum atomic E-state index is -0.434. The van der Waals surface area contributed by atoms with Gasteiger partial charge in [-0.05, 0) is 80.0 Å². The Bertz CT molecular complexity index is 831. The van der Waals surface area contributed by atoms with Crippen LogP contribution in [0.3, 0.4) is 0 Å². The van der Waals surface area contributed by atoms with E-state index in [0.717, 1.165) is 50.5 Å². The number of Topliss-reactive ketones (excluding diaryl/α,β-unsaturated/α-hetero) is 1. The van der Waals surface area contributed by atoms with Crippen molar-refractivity contribution in [3.63, 3.8) is 0 Å². The molecule has 0 aromatic rings. The summed E-state index contributed by atoms with van der Waals surface area (Å²) in [6.07, 6.45) is 6.66. The van der Waals surface area contributed by atoms with Crippen molar-refractivity contribution in [2.75, 3.05) is 0 Å². The van der Waals surface area contributed by atoms with E-state index >= 15 is 0 Å². The number of hydrogen-bond acceptors (Lipinski definition) is 4. The molecular weight excluding hydrogens is 400 g/mol. The van der Waals surface area contributed by atoms with Gasteiger partial charge in [0.15, 0.2) is 11.9 Å². The van der Waals surface area contributed by atoms with Gasteiger partial charge in [0.1, 0.15) is 5.60 Å². The maximum absolute atomic E-state index is 13.7. The van der Waals surface area contributed by atoms with E-state index in [1.165, 1.54) is 5.57 Å². The smallest absolute Gasteiger partial charge is 0.190 e. The van der Waals surface area contributed by atoms with Gasteiger partial charge in [-0.1, -0.05) is 47.1 Å². The maximum Gasteiger partial charge on any atom is 0.190 e. The normalized spacial score (nSPS) is 48.0. The number of ether oxygens (including phenoxy) is 1. The molecule has 1 saturated heterocycles. The number of hydrogen-bond donors (Lipinski definition) is 2. The summed E-state index contributed by atoms with van der Waals surface area (Å²) in [6.45, 7) is 13.6. The van der Waals surface area contributed by atoms with Crippen LogP contribution in [0.4, 0.5) is 0 Å².